The van der Waals surface area contributed by atoms with E-state index < -0.39 is 0 Å². The van der Waals surface area contributed by atoms with Crippen LogP contribution in [0.15, 0.2) is 30.3 Å². The average molecular weight is 215 g/mol. The van der Waals surface area contributed by atoms with Gasteiger partial charge in [0.1, 0.15) is 5.82 Å². The van der Waals surface area contributed by atoms with Gasteiger partial charge in [-0.05, 0) is 13.5 Å². The Kier molecular flexibility index (Phi) is 3.06. The highest BCUT2D eigenvalue weighted by Gasteiger charge is 2.11. The summed E-state index contributed by atoms with van der Waals surface area (Å²) < 4.78 is 2.14. The molecule has 0 radical (unpaired) electrons. The first kappa shape index (κ1) is 10.9. The van der Waals surface area contributed by atoms with Gasteiger partial charge in [-0.25, -0.2) is 4.98 Å². The van der Waals surface area contributed by atoms with Crippen molar-refractivity contribution in [1.29, 1.82) is 0 Å². The van der Waals surface area contributed by atoms with E-state index in [9.17, 15) is 0 Å². The average Bonchev–Trinajstić information content (AvgIpc) is 2.59. The van der Waals surface area contributed by atoms with Crippen LogP contribution in [0.1, 0.15) is 11.4 Å². The molecule has 0 aliphatic carbocycles. The minimum atomic E-state index is 0.661. The zero-order chi connectivity index (χ0) is 11.5. The first-order valence-electron chi connectivity index (χ1n) is 5.51. The van der Waals surface area contributed by atoms with Gasteiger partial charge >= 0.3 is 0 Å². The van der Waals surface area contributed by atoms with Gasteiger partial charge in [-0.2, -0.15) is 0 Å². The van der Waals surface area contributed by atoms with Gasteiger partial charge in [0.15, 0.2) is 0 Å². The van der Waals surface area contributed by atoms with E-state index in [1.807, 2.05) is 32.2 Å². The summed E-state index contributed by atoms with van der Waals surface area (Å²) >= 11 is 0. The number of imidazole rings is 1. The Hall–Kier alpha value is -1.61. The molecule has 16 heavy (non-hydrogen) atoms. The molecule has 0 bridgehead atoms. The highest BCUT2D eigenvalue weighted by Crippen LogP contribution is 2.20. The molecule has 0 atom stereocenters. The Bertz CT molecular complexity index is 471. The van der Waals surface area contributed by atoms with E-state index >= 15 is 0 Å². The van der Waals surface area contributed by atoms with Crippen LogP contribution in [0.3, 0.4) is 0 Å². The fourth-order valence-corrected chi connectivity index (χ4v) is 2.00. The number of aryl methyl sites for hydroxylation is 1. The third-order valence-electron chi connectivity index (χ3n) is 2.83. The molecule has 3 nitrogen and oxygen atoms in total. The Balaban J connectivity index is 2.47. The summed E-state index contributed by atoms with van der Waals surface area (Å²) in [4.78, 5) is 4.61. The van der Waals surface area contributed by atoms with E-state index in [0.717, 1.165) is 23.5 Å². The van der Waals surface area contributed by atoms with Crippen molar-refractivity contribution in [1.82, 2.24) is 9.55 Å². The summed E-state index contributed by atoms with van der Waals surface area (Å²) in [6, 6.07) is 10.2. The van der Waals surface area contributed by atoms with E-state index in [4.69, 9.17) is 5.73 Å². The van der Waals surface area contributed by atoms with Crippen molar-refractivity contribution < 1.29 is 0 Å². The highest BCUT2D eigenvalue weighted by atomic mass is 15.1. The lowest BCUT2D eigenvalue weighted by Gasteiger charge is -2.05. The molecular weight excluding hydrogens is 198 g/mol. The van der Waals surface area contributed by atoms with Gasteiger partial charge in [-0.3, -0.25) is 0 Å². The van der Waals surface area contributed by atoms with Gasteiger partial charge in [0.2, 0.25) is 0 Å². The largest absolute Gasteiger partial charge is 0.331 e. The molecule has 0 unspecified atom stereocenters. The van der Waals surface area contributed by atoms with Crippen molar-refractivity contribution >= 4 is 0 Å². The van der Waals surface area contributed by atoms with E-state index in [1.165, 1.54) is 5.69 Å². The number of nitrogens with zero attached hydrogens (tertiary/aromatic N) is 2. The standard InChI is InChI=1S/C13H17N3/c1-10-12(8-9-14)16(2)13(15-10)11-6-4-3-5-7-11/h3-7H,8-9,14H2,1-2H3. The smallest absolute Gasteiger partial charge is 0.140 e. The number of nitrogens with two attached hydrogens (primary N) is 1. The normalized spacial score (nSPS) is 10.7. The molecule has 0 fully saturated rings. The molecular formula is C13H17N3. The lowest BCUT2D eigenvalue weighted by molar-refractivity contribution is 0.805. The molecule has 0 amide bonds. The van der Waals surface area contributed by atoms with Crippen molar-refractivity contribution in [3.05, 3.63) is 41.7 Å². The van der Waals surface area contributed by atoms with E-state index in [2.05, 4.69) is 21.7 Å². The van der Waals surface area contributed by atoms with Crippen molar-refractivity contribution in [2.75, 3.05) is 6.54 Å². The predicted octanol–water partition coefficient (Wildman–Crippen LogP) is 1.90. The van der Waals surface area contributed by atoms with Gasteiger partial charge in [0.25, 0.3) is 0 Å². The first-order chi connectivity index (χ1) is 7.74. The van der Waals surface area contributed by atoms with Crippen molar-refractivity contribution in [3.8, 4) is 11.4 Å². The Morgan fingerprint density at radius 2 is 1.94 bits per heavy atom. The third-order valence-corrected chi connectivity index (χ3v) is 2.83. The van der Waals surface area contributed by atoms with Crippen LogP contribution < -0.4 is 5.73 Å². The molecule has 1 heterocycles. The summed E-state index contributed by atoms with van der Waals surface area (Å²) in [5.74, 6) is 1.02. The Labute approximate surface area is 95.9 Å². The van der Waals surface area contributed by atoms with E-state index in [1.54, 1.807) is 0 Å². The van der Waals surface area contributed by atoms with Gasteiger partial charge < -0.3 is 10.3 Å². The molecule has 0 saturated carbocycles. The van der Waals surface area contributed by atoms with E-state index in [0.29, 0.717) is 6.54 Å². The van der Waals surface area contributed by atoms with Crippen LogP contribution >= 0.6 is 0 Å². The maximum atomic E-state index is 5.61. The van der Waals surface area contributed by atoms with Gasteiger partial charge in [-0.1, -0.05) is 30.3 Å². The molecule has 84 valence electrons. The zero-order valence-electron chi connectivity index (χ0n) is 9.77. The molecule has 0 aliphatic rings. The summed E-state index contributed by atoms with van der Waals surface area (Å²) in [5.41, 5.74) is 9.05. The highest BCUT2D eigenvalue weighted by molar-refractivity contribution is 5.56. The van der Waals surface area contributed by atoms with Gasteiger partial charge in [-0.15, -0.1) is 0 Å². The Morgan fingerprint density at radius 3 is 2.56 bits per heavy atom. The number of rotatable bonds is 3. The second kappa shape index (κ2) is 4.49. The predicted molar refractivity (Wildman–Crippen MR) is 66.1 cm³/mol. The zero-order valence-corrected chi connectivity index (χ0v) is 9.77. The van der Waals surface area contributed by atoms with Crippen molar-refractivity contribution in [3.63, 3.8) is 0 Å². The van der Waals surface area contributed by atoms with Crippen molar-refractivity contribution in [2.45, 2.75) is 13.3 Å². The molecule has 2 rings (SSSR count). The minimum Gasteiger partial charge on any atom is -0.331 e. The lowest BCUT2D eigenvalue weighted by atomic mass is 10.2. The second-order valence-corrected chi connectivity index (χ2v) is 3.93. The molecule has 0 aliphatic heterocycles. The molecule has 2 N–H and O–H groups in total. The minimum absolute atomic E-state index is 0.661. The first-order valence-corrected chi connectivity index (χ1v) is 5.51. The van der Waals surface area contributed by atoms with Crippen molar-refractivity contribution in [2.24, 2.45) is 12.8 Å². The molecule has 0 saturated heterocycles. The number of hydrogen-bond donors (Lipinski definition) is 1. The lowest BCUT2D eigenvalue weighted by Crippen LogP contribution is -2.08. The molecule has 0 spiro atoms. The van der Waals surface area contributed by atoms with Crippen LogP contribution in [-0.2, 0) is 13.5 Å². The van der Waals surface area contributed by atoms with Crippen LogP contribution in [0.25, 0.3) is 11.4 Å². The number of benzene rings is 1. The molecule has 3 heteroatoms. The van der Waals surface area contributed by atoms with E-state index in [-0.39, 0.29) is 0 Å². The van der Waals surface area contributed by atoms with Crippen LogP contribution in [-0.4, -0.2) is 16.1 Å². The van der Waals surface area contributed by atoms with Crippen LogP contribution in [0.5, 0.6) is 0 Å². The quantitative estimate of drug-likeness (QED) is 0.849. The van der Waals surface area contributed by atoms with Gasteiger partial charge in [0.05, 0.1) is 5.69 Å². The van der Waals surface area contributed by atoms with Crippen LogP contribution in [0, 0.1) is 6.92 Å². The molecule has 2 aromatic rings. The van der Waals surface area contributed by atoms with Gasteiger partial charge in [0, 0.05) is 24.7 Å². The second-order valence-electron chi connectivity index (χ2n) is 3.93. The third kappa shape index (κ3) is 1.86. The summed E-state index contributed by atoms with van der Waals surface area (Å²) in [6.07, 6.45) is 0.877. The summed E-state index contributed by atoms with van der Waals surface area (Å²) in [6.45, 7) is 2.70. The summed E-state index contributed by atoms with van der Waals surface area (Å²) in [5, 5.41) is 0. The fourth-order valence-electron chi connectivity index (χ4n) is 2.00. The fraction of sp³-hybridized carbons (Fsp3) is 0.308. The SMILES string of the molecule is Cc1nc(-c2ccccc2)n(C)c1CCN. The topological polar surface area (TPSA) is 43.8 Å². The monoisotopic (exact) mass is 215 g/mol. The van der Waals surface area contributed by atoms with Crippen LogP contribution in [0.4, 0.5) is 0 Å². The maximum absolute atomic E-state index is 5.61. The Morgan fingerprint density at radius 1 is 1.25 bits per heavy atom. The van der Waals surface area contributed by atoms with Crippen LogP contribution in [0.2, 0.25) is 0 Å². The number of aromatic nitrogens is 2. The summed E-state index contributed by atoms with van der Waals surface area (Å²) in [7, 11) is 2.05. The molecule has 1 aromatic heterocycles. The molecule has 1 aromatic carbocycles. The number of hydrogen-bond acceptors (Lipinski definition) is 2. The maximum Gasteiger partial charge on any atom is 0.140 e.